The van der Waals surface area contributed by atoms with E-state index in [2.05, 4.69) is 15.3 Å². The van der Waals surface area contributed by atoms with E-state index in [1.807, 2.05) is 11.8 Å². The first-order chi connectivity index (χ1) is 7.72. The first-order valence-electron chi connectivity index (χ1n) is 5.29. The summed E-state index contributed by atoms with van der Waals surface area (Å²) in [4.78, 5) is 10.3. The lowest BCUT2D eigenvalue weighted by Crippen LogP contribution is -2.26. The molecular weight excluding hydrogens is 228 g/mol. The maximum Gasteiger partial charge on any atom is 0.224 e. The largest absolute Gasteiger partial charge is 0.396 e. The third kappa shape index (κ3) is 3.21. The molecule has 16 heavy (non-hydrogen) atoms. The summed E-state index contributed by atoms with van der Waals surface area (Å²) in [5, 5.41) is 12.2. The van der Waals surface area contributed by atoms with Gasteiger partial charge in [-0.2, -0.15) is 4.98 Å². The van der Waals surface area contributed by atoms with Gasteiger partial charge >= 0.3 is 0 Å². The van der Waals surface area contributed by atoms with Crippen LogP contribution in [0.15, 0.2) is 6.20 Å². The highest BCUT2D eigenvalue weighted by Crippen LogP contribution is 2.23. The van der Waals surface area contributed by atoms with Gasteiger partial charge in [0.1, 0.15) is 5.02 Å². The highest BCUT2D eigenvalue weighted by Gasteiger charge is 2.11. The van der Waals surface area contributed by atoms with E-state index in [0.29, 0.717) is 23.2 Å². The Labute approximate surface area is 100 Å². The van der Waals surface area contributed by atoms with Gasteiger partial charge in [0.05, 0.1) is 6.20 Å². The van der Waals surface area contributed by atoms with Crippen LogP contribution < -0.4 is 10.2 Å². The van der Waals surface area contributed by atoms with Crippen molar-refractivity contribution in [2.45, 2.75) is 13.3 Å². The molecule has 0 aliphatic rings. The molecule has 1 heterocycles. The van der Waals surface area contributed by atoms with Crippen LogP contribution in [0.5, 0.6) is 0 Å². The highest BCUT2D eigenvalue weighted by molar-refractivity contribution is 6.32. The number of nitrogens with zero attached hydrogens (tertiary/aromatic N) is 3. The van der Waals surface area contributed by atoms with Gasteiger partial charge in [-0.05, 0) is 13.3 Å². The van der Waals surface area contributed by atoms with Gasteiger partial charge in [0.15, 0.2) is 5.82 Å². The molecule has 90 valence electrons. The number of rotatable bonds is 6. The lowest BCUT2D eigenvalue weighted by molar-refractivity contribution is 0.289. The average molecular weight is 245 g/mol. The second-order valence-electron chi connectivity index (χ2n) is 3.27. The number of hydrogen-bond acceptors (Lipinski definition) is 5. The molecule has 0 unspecified atom stereocenters. The van der Waals surface area contributed by atoms with Crippen LogP contribution in [0.3, 0.4) is 0 Å². The molecule has 1 rings (SSSR count). The average Bonchev–Trinajstić information content (AvgIpc) is 2.32. The first-order valence-corrected chi connectivity index (χ1v) is 5.66. The smallest absolute Gasteiger partial charge is 0.224 e. The molecular formula is C10H17ClN4O. The van der Waals surface area contributed by atoms with Crippen LogP contribution in [-0.2, 0) is 0 Å². The molecule has 0 aliphatic carbocycles. The molecule has 5 nitrogen and oxygen atoms in total. The summed E-state index contributed by atoms with van der Waals surface area (Å²) in [5.41, 5.74) is 0. The number of aromatic nitrogens is 2. The molecule has 1 aromatic heterocycles. The normalized spacial score (nSPS) is 10.2. The molecule has 1 aromatic rings. The molecule has 0 saturated carbocycles. The quantitative estimate of drug-likeness (QED) is 0.792. The standard InChI is InChI=1S/C10H17ClN4O/c1-3-15(5-4-6-16)9-8(11)7-13-10(12-2)14-9/h7,16H,3-6H2,1-2H3,(H,12,13,14). The third-order valence-electron chi connectivity index (χ3n) is 2.22. The van der Waals surface area contributed by atoms with Gasteiger partial charge in [0.2, 0.25) is 5.95 Å². The Morgan fingerprint density at radius 2 is 2.31 bits per heavy atom. The van der Waals surface area contributed by atoms with Crippen LogP contribution in [0.25, 0.3) is 0 Å². The van der Waals surface area contributed by atoms with Gasteiger partial charge in [-0.3, -0.25) is 0 Å². The van der Waals surface area contributed by atoms with Crippen LogP contribution in [0.2, 0.25) is 5.02 Å². The van der Waals surface area contributed by atoms with Crippen molar-refractivity contribution in [1.29, 1.82) is 0 Å². The van der Waals surface area contributed by atoms with E-state index in [1.165, 1.54) is 0 Å². The monoisotopic (exact) mass is 244 g/mol. The van der Waals surface area contributed by atoms with E-state index < -0.39 is 0 Å². The van der Waals surface area contributed by atoms with Gasteiger partial charge in [-0.1, -0.05) is 11.6 Å². The van der Waals surface area contributed by atoms with Crippen molar-refractivity contribution in [1.82, 2.24) is 9.97 Å². The summed E-state index contributed by atoms with van der Waals surface area (Å²) in [5.74, 6) is 1.25. The van der Waals surface area contributed by atoms with Crippen molar-refractivity contribution in [2.24, 2.45) is 0 Å². The van der Waals surface area contributed by atoms with Gasteiger partial charge < -0.3 is 15.3 Å². The Bertz CT molecular complexity index is 335. The van der Waals surface area contributed by atoms with Gasteiger partial charge in [0, 0.05) is 26.7 Å². The molecule has 0 radical (unpaired) electrons. The Balaban J connectivity index is 2.89. The molecule has 0 spiro atoms. The van der Waals surface area contributed by atoms with E-state index >= 15 is 0 Å². The number of nitrogens with one attached hydrogen (secondary N) is 1. The minimum absolute atomic E-state index is 0.165. The van der Waals surface area contributed by atoms with E-state index in [4.69, 9.17) is 16.7 Å². The summed E-state index contributed by atoms with van der Waals surface area (Å²) < 4.78 is 0. The summed E-state index contributed by atoms with van der Waals surface area (Å²) in [6, 6.07) is 0. The zero-order chi connectivity index (χ0) is 12.0. The second kappa shape index (κ2) is 6.50. The Hall–Kier alpha value is -1.07. The topological polar surface area (TPSA) is 61.3 Å². The third-order valence-corrected chi connectivity index (χ3v) is 2.48. The fourth-order valence-electron chi connectivity index (χ4n) is 1.38. The number of aliphatic hydroxyl groups excluding tert-OH is 1. The molecule has 0 fully saturated rings. The van der Waals surface area contributed by atoms with E-state index in [-0.39, 0.29) is 6.61 Å². The molecule has 6 heteroatoms. The maximum atomic E-state index is 8.82. The first kappa shape index (κ1) is 13.0. The summed E-state index contributed by atoms with van der Waals surface area (Å²) in [6.07, 6.45) is 2.28. The van der Waals surface area contributed by atoms with E-state index in [1.54, 1.807) is 13.2 Å². The SMILES string of the molecule is CCN(CCCO)c1nc(NC)ncc1Cl. The van der Waals surface area contributed by atoms with Crippen molar-refractivity contribution < 1.29 is 5.11 Å². The molecule has 0 bridgehead atoms. The Morgan fingerprint density at radius 1 is 1.56 bits per heavy atom. The molecule has 0 atom stereocenters. The van der Waals surface area contributed by atoms with Crippen LogP contribution in [0.1, 0.15) is 13.3 Å². The van der Waals surface area contributed by atoms with E-state index in [0.717, 1.165) is 13.1 Å². The van der Waals surface area contributed by atoms with Gasteiger partial charge in [-0.25, -0.2) is 4.98 Å². The lowest BCUT2D eigenvalue weighted by Gasteiger charge is -2.22. The van der Waals surface area contributed by atoms with Gasteiger partial charge in [-0.15, -0.1) is 0 Å². The molecule has 2 N–H and O–H groups in total. The van der Waals surface area contributed by atoms with Crippen LogP contribution in [-0.4, -0.2) is 41.8 Å². The van der Waals surface area contributed by atoms with Crippen LogP contribution in [0, 0.1) is 0 Å². The Morgan fingerprint density at radius 3 is 2.88 bits per heavy atom. The number of aliphatic hydroxyl groups is 1. The lowest BCUT2D eigenvalue weighted by atomic mass is 10.3. The van der Waals surface area contributed by atoms with E-state index in [9.17, 15) is 0 Å². The fraction of sp³-hybridized carbons (Fsp3) is 0.600. The Kier molecular flexibility index (Phi) is 5.28. The van der Waals surface area contributed by atoms with Crippen molar-refractivity contribution in [3.8, 4) is 0 Å². The predicted octanol–water partition coefficient (Wildman–Crippen LogP) is 1.38. The molecule has 0 aliphatic heterocycles. The minimum atomic E-state index is 0.165. The zero-order valence-corrected chi connectivity index (χ0v) is 10.3. The maximum absolute atomic E-state index is 8.82. The second-order valence-corrected chi connectivity index (χ2v) is 3.68. The van der Waals surface area contributed by atoms with Crippen molar-refractivity contribution in [3.63, 3.8) is 0 Å². The summed E-state index contributed by atoms with van der Waals surface area (Å²) >= 11 is 6.05. The van der Waals surface area contributed by atoms with Crippen molar-refractivity contribution >= 4 is 23.4 Å². The summed E-state index contributed by atoms with van der Waals surface area (Å²) in [7, 11) is 1.76. The fourth-order valence-corrected chi connectivity index (χ4v) is 1.59. The number of halogens is 1. The predicted molar refractivity (Wildman–Crippen MR) is 66.2 cm³/mol. The number of hydrogen-bond donors (Lipinski definition) is 2. The van der Waals surface area contributed by atoms with Crippen LogP contribution in [0.4, 0.5) is 11.8 Å². The molecule has 0 saturated heterocycles. The number of anilines is 2. The molecule has 0 amide bonds. The van der Waals surface area contributed by atoms with Crippen molar-refractivity contribution in [2.75, 3.05) is 37.0 Å². The molecule has 0 aromatic carbocycles. The minimum Gasteiger partial charge on any atom is -0.396 e. The van der Waals surface area contributed by atoms with Gasteiger partial charge in [0.25, 0.3) is 0 Å². The zero-order valence-electron chi connectivity index (χ0n) is 9.57. The highest BCUT2D eigenvalue weighted by atomic mass is 35.5. The van der Waals surface area contributed by atoms with Crippen LogP contribution >= 0.6 is 11.6 Å². The van der Waals surface area contributed by atoms with Crippen molar-refractivity contribution in [3.05, 3.63) is 11.2 Å². The summed E-state index contributed by atoms with van der Waals surface area (Å²) in [6.45, 7) is 3.71.